The largest absolute Gasteiger partial charge is 0.480 e. The van der Waals surface area contributed by atoms with E-state index >= 15 is 0 Å². The van der Waals surface area contributed by atoms with Gasteiger partial charge in [-0.05, 0) is 11.5 Å². The van der Waals surface area contributed by atoms with Gasteiger partial charge in [0, 0.05) is 18.7 Å². The van der Waals surface area contributed by atoms with E-state index in [1.807, 2.05) is 13.8 Å². The summed E-state index contributed by atoms with van der Waals surface area (Å²) in [5.74, 6) is -0.855. The van der Waals surface area contributed by atoms with Gasteiger partial charge in [-0.25, -0.2) is 0 Å². The van der Waals surface area contributed by atoms with Crippen molar-refractivity contribution in [2.75, 3.05) is 0 Å². The summed E-state index contributed by atoms with van der Waals surface area (Å²) in [7, 11) is 0. The van der Waals surface area contributed by atoms with E-state index in [1.165, 1.54) is 12.1 Å². The number of nitrogens with one attached hydrogen (secondary N) is 1. The predicted octanol–water partition coefficient (Wildman–Crippen LogP) is 2.18. The number of nitro groups is 1. The second-order valence-corrected chi connectivity index (χ2v) is 4.51. The number of nitro benzene ring substituents is 1. The molecule has 1 aromatic carbocycles. The lowest BCUT2D eigenvalue weighted by Crippen LogP contribution is -2.41. The van der Waals surface area contributed by atoms with Crippen molar-refractivity contribution < 1.29 is 14.8 Å². The van der Waals surface area contributed by atoms with Gasteiger partial charge in [0.25, 0.3) is 5.69 Å². The van der Waals surface area contributed by atoms with E-state index in [4.69, 9.17) is 5.11 Å². The highest BCUT2D eigenvalue weighted by atomic mass is 16.6. The summed E-state index contributed by atoms with van der Waals surface area (Å²) in [5, 5.41) is 22.6. The van der Waals surface area contributed by atoms with Crippen LogP contribution in [0.3, 0.4) is 0 Å². The highest BCUT2D eigenvalue weighted by Gasteiger charge is 2.22. The number of benzene rings is 1. The number of carboxylic acid groups (broad SMARTS) is 1. The van der Waals surface area contributed by atoms with E-state index in [1.54, 1.807) is 12.1 Å². The lowest BCUT2D eigenvalue weighted by Gasteiger charge is -2.20. The van der Waals surface area contributed by atoms with E-state index in [0.29, 0.717) is 6.54 Å². The van der Waals surface area contributed by atoms with Gasteiger partial charge in [-0.2, -0.15) is 0 Å². The molecule has 6 heteroatoms. The second-order valence-electron chi connectivity index (χ2n) is 4.51. The second kappa shape index (κ2) is 6.84. The molecular weight excluding hydrogens is 248 g/mol. The normalized spacial score (nSPS) is 13.8. The molecule has 0 spiro atoms. The number of aliphatic carboxylic acids is 1. The van der Waals surface area contributed by atoms with E-state index in [-0.39, 0.29) is 11.6 Å². The third-order valence-electron chi connectivity index (χ3n) is 3.15. The molecule has 0 fully saturated rings. The Labute approximate surface area is 111 Å². The van der Waals surface area contributed by atoms with Gasteiger partial charge < -0.3 is 10.4 Å². The smallest absolute Gasteiger partial charge is 0.320 e. The van der Waals surface area contributed by atoms with Crippen LogP contribution in [0.15, 0.2) is 24.3 Å². The maximum Gasteiger partial charge on any atom is 0.320 e. The van der Waals surface area contributed by atoms with Crippen LogP contribution in [0.2, 0.25) is 0 Å². The van der Waals surface area contributed by atoms with Gasteiger partial charge in [0.2, 0.25) is 0 Å². The summed E-state index contributed by atoms with van der Waals surface area (Å²) < 4.78 is 0. The Bertz CT molecular complexity index is 444. The Hall–Kier alpha value is -1.95. The average Bonchev–Trinajstić information content (AvgIpc) is 2.38. The Morgan fingerprint density at radius 2 is 2.00 bits per heavy atom. The molecule has 104 valence electrons. The minimum atomic E-state index is -0.878. The molecule has 0 saturated heterocycles. The fourth-order valence-electron chi connectivity index (χ4n) is 1.73. The molecule has 0 aliphatic heterocycles. The van der Waals surface area contributed by atoms with Crippen molar-refractivity contribution in [2.45, 2.75) is 32.9 Å². The number of non-ortho nitro benzene ring substituents is 1. The van der Waals surface area contributed by atoms with Crippen LogP contribution in [0.25, 0.3) is 0 Å². The lowest BCUT2D eigenvalue weighted by atomic mass is 9.99. The Balaban J connectivity index is 2.64. The van der Waals surface area contributed by atoms with Gasteiger partial charge >= 0.3 is 5.97 Å². The predicted molar refractivity (Wildman–Crippen MR) is 70.8 cm³/mol. The first kappa shape index (κ1) is 15.1. The fourth-order valence-corrected chi connectivity index (χ4v) is 1.73. The minimum absolute atomic E-state index is 0.0237. The molecular formula is C13H18N2O4. The van der Waals surface area contributed by atoms with Gasteiger partial charge in [-0.3, -0.25) is 14.9 Å². The standard InChI is InChI=1S/C13H18N2O4/c1-3-9(2)12(13(16)17)14-8-10-4-6-11(7-5-10)15(18)19/h4-7,9,12,14H,3,8H2,1-2H3,(H,16,17). The molecule has 2 N–H and O–H groups in total. The molecule has 0 bridgehead atoms. The molecule has 0 aliphatic rings. The molecule has 0 aromatic heterocycles. The molecule has 19 heavy (non-hydrogen) atoms. The Morgan fingerprint density at radius 1 is 1.42 bits per heavy atom. The molecule has 2 atom stereocenters. The van der Waals surface area contributed by atoms with Crippen molar-refractivity contribution in [1.29, 1.82) is 0 Å². The summed E-state index contributed by atoms with van der Waals surface area (Å²) in [6.07, 6.45) is 0.768. The summed E-state index contributed by atoms with van der Waals surface area (Å²) in [5.41, 5.74) is 0.848. The molecule has 0 aliphatic carbocycles. The van der Waals surface area contributed by atoms with E-state index < -0.39 is 16.9 Å². The van der Waals surface area contributed by atoms with Crippen LogP contribution in [-0.4, -0.2) is 22.0 Å². The Morgan fingerprint density at radius 3 is 2.42 bits per heavy atom. The minimum Gasteiger partial charge on any atom is -0.480 e. The van der Waals surface area contributed by atoms with Crippen LogP contribution in [0.1, 0.15) is 25.8 Å². The molecule has 6 nitrogen and oxygen atoms in total. The third kappa shape index (κ3) is 4.33. The van der Waals surface area contributed by atoms with Gasteiger partial charge in [0.1, 0.15) is 6.04 Å². The Kier molecular flexibility index (Phi) is 5.44. The van der Waals surface area contributed by atoms with Crippen molar-refractivity contribution in [2.24, 2.45) is 5.92 Å². The number of hydrogen-bond donors (Lipinski definition) is 2. The van der Waals surface area contributed by atoms with E-state index in [9.17, 15) is 14.9 Å². The van der Waals surface area contributed by atoms with Crippen molar-refractivity contribution in [3.63, 3.8) is 0 Å². The van der Waals surface area contributed by atoms with Gasteiger partial charge in [-0.1, -0.05) is 32.4 Å². The molecule has 0 saturated carbocycles. The number of carboxylic acids is 1. The summed E-state index contributed by atoms with van der Waals surface area (Å²) >= 11 is 0. The van der Waals surface area contributed by atoms with Crippen LogP contribution < -0.4 is 5.32 Å². The van der Waals surface area contributed by atoms with Crippen LogP contribution in [0, 0.1) is 16.0 Å². The number of hydrogen-bond acceptors (Lipinski definition) is 4. The number of rotatable bonds is 7. The van der Waals surface area contributed by atoms with Crippen LogP contribution >= 0.6 is 0 Å². The first-order valence-electron chi connectivity index (χ1n) is 6.15. The van der Waals surface area contributed by atoms with Crippen LogP contribution in [-0.2, 0) is 11.3 Å². The van der Waals surface area contributed by atoms with E-state index in [0.717, 1.165) is 12.0 Å². The molecule has 1 rings (SSSR count). The molecule has 0 heterocycles. The molecule has 0 amide bonds. The van der Waals surface area contributed by atoms with Crippen LogP contribution in [0.4, 0.5) is 5.69 Å². The average molecular weight is 266 g/mol. The SMILES string of the molecule is CCC(C)C(NCc1ccc([N+](=O)[O-])cc1)C(=O)O. The number of nitrogens with zero attached hydrogens (tertiary/aromatic N) is 1. The van der Waals surface area contributed by atoms with E-state index in [2.05, 4.69) is 5.32 Å². The zero-order chi connectivity index (χ0) is 14.4. The molecule has 0 radical (unpaired) electrons. The topological polar surface area (TPSA) is 92.5 Å². The maximum atomic E-state index is 11.1. The third-order valence-corrected chi connectivity index (χ3v) is 3.15. The summed E-state index contributed by atoms with van der Waals surface area (Å²) in [4.78, 5) is 21.2. The quantitative estimate of drug-likeness (QED) is 0.583. The van der Waals surface area contributed by atoms with Crippen molar-refractivity contribution in [3.05, 3.63) is 39.9 Å². The lowest BCUT2D eigenvalue weighted by molar-refractivity contribution is -0.384. The van der Waals surface area contributed by atoms with Crippen molar-refractivity contribution in [1.82, 2.24) is 5.32 Å². The summed E-state index contributed by atoms with van der Waals surface area (Å²) in [6, 6.07) is 5.47. The summed E-state index contributed by atoms with van der Waals surface area (Å²) in [6.45, 7) is 4.19. The van der Waals surface area contributed by atoms with Crippen molar-refractivity contribution in [3.8, 4) is 0 Å². The first-order valence-corrected chi connectivity index (χ1v) is 6.15. The molecule has 1 aromatic rings. The molecule has 2 unspecified atom stereocenters. The van der Waals surface area contributed by atoms with Gasteiger partial charge in [0.05, 0.1) is 4.92 Å². The van der Waals surface area contributed by atoms with Gasteiger partial charge in [0.15, 0.2) is 0 Å². The zero-order valence-electron chi connectivity index (χ0n) is 11.0. The zero-order valence-corrected chi connectivity index (χ0v) is 11.0. The van der Waals surface area contributed by atoms with Crippen LogP contribution in [0.5, 0.6) is 0 Å². The number of carbonyl (C=O) groups is 1. The monoisotopic (exact) mass is 266 g/mol. The fraction of sp³-hybridized carbons (Fsp3) is 0.462. The van der Waals surface area contributed by atoms with Crippen molar-refractivity contribution >= 4 is 11.7 Å². The highest BCUT2D eigenvalue weighted by molar-refractivity contribution is 5.73. The maximum absolute atomic E-state index is 11.1. The highest BCUT2D eigenvalue weighted by Crippen LogP contribution is 2.13. The first-order chi connectivity index (χ1) is 8.95. The van der Waals surface area contributed by atoms with Gasteiger partial charge in [-0.15, -0.1) is 0 Å².